The van der Waals surface area contributed by atoms with Gasteiger partial charge in [0.15, 0.2) is 24.7 Å². The van der Waals surface area contributed by atoms with Crippen molar-refractivity contribution in [3.05, 3.63) is 90.1 Å². The van der Waals surface area contributed by atoms with Crippen molar-refractivity contribution < 1.29 is 23.8 Å². The van der Waals surface area contributed by atoms with Crippen LogP contribution in [0.5, 0.6) is 17.2 Å². The largest absolute Gasteiger partial charge is 0.493 e. The predicted octanol–water partition coefficient (Wildman–Crippen LogP) is 4.10. The first-order valence-electron chi connectivity index (χ1n) is 11.5. The average molecular weight is 499 g/mol. The van der Waals surface area contributed by atoms with E-state index in [2.05, 4.69) is 20.8 Å². The van der Waals surface area contributed by atoms with Crippen molar-refractivity contribution in [2.24, 2.45) is 5.10 Å². The third kappa shape index (κ3) is 7.04. The Balaban J connectivity index is 1.27. The van der Waals surface area contributed by atoms with Crippen LogP contribution in [-0.4, -0.2) is 43.3 Å². The van der Waals surface area contributed by atoms with E-state index in [0.717, 1.165) is 10.9 Å². The maximum atomic E-state index is 12.2. The van der Waals surface area contributed by atoms with Crippen LogP contribution < -0.4 is 25.0 Å². The number of anilines is 1. The number of hydrogen-bond donors (Lipinski definition) is 2. The summed E-state index contributed by atoms with van der Waals surface area (Å²) in [5.74, 6) is 0.631. The van der Waals surface area contributed by atoms with Crippen molar-refractivity contribution in [1.82, 2.24) is 10.4 Å². The maximum absolute atomic E-state index is 12.2. The number of ether oxygens (including phenoxy) is 3. The van der Waals surface area contributed by atoms with Crippen LogP contribution in [0.4, 0.5) is 5.69 Å². The van der Waals surface area contributed by atoms with Crippen LogP contribution in [0.15, 0.2) is 84.1 Å². The molecule has 1 heterocycles. The van der Waals surface area contributed by atoms with E-state index in [4.69, 9.17) is 14.2 Å². The zero-order valence-electron chi connectivity index (χ0n) is 20.4. The third-order valence-corrected chi connectivity index (χ3v) is 5.24. The van der Waals surface area contributed by atoms with Gasteiger partial charge in [-0.3, -0.25) is 14.6 Å². The summed E-state index contributed by atoms with van der Waals surface area (Å²) in [5.41, 5.74) is 5.57. The van der Waals surface area contributed by atoms with Crippen molar-refractivity contribution in [2.45, 2.75) is 6.92 Å². The first-order chi connectivity index (χ1) is 18.0. The molecule has 188 valence electrons. The number of carbonyl (C=O) groups excluding carboxylic acids is 2. The van der Waals surface area contributed by atoms with Crippen LogP contribution in [0.25, 0.3) is 10.9 Å². The highest BCUT2D eigenvalue weighted by Crippen LogP contribution is 2.27. The zero-order chi connectivity index (χ0) is 26.0. The fourth-order valence-corrected chi connectivity index (χ4v) is 3.41. The molecule has 4 aromatic rings. The van der Waals surface area contributed by atoms with Crippen LogP contribution in [0, 0.1) is 6.92 Å². The van der Waals surface area contributed by atoms with E-state index in [1.807, 2.05) is 55.5 Å². The van der Waals surface area contributed by atoms with Gasteiger partial charge in [-0.25, -0.2) is 5.43 Å². The molecular formula is C28H26N4O5. The topological polar surface area (TPSA) is 111 Å². The molecule has 0 bridgehead atoms. The fourth-order valence-electron chi connectivity index (χ4n) is 3.41. The minimum absolute atomic E-state index is 0.181. The first-order valence-corrected chi connectivity index (χ1v) is 11.5. The Morgan fingerprint density at radius 3 is 2.46 bits per heavy atom. The highest BCUT2D eigenvalue weighted by Gasteiger charge is 2.10. The third-order valence-electron chi connectivity index (χ3n) is 5.24. The number of pyridine rings is 1. The Morgan fingerprint density at radius 2 is 1.65 bits per heavy atom. The lowest BCUT2D eigenvalue weighted by molar-refractivity contribution is -0.123. The highest BCUT2D eigenvalue weighted by molar-refractivity contribution is 5.92. The fraction of sp³-hybridized carbons (Fsp3) is 0.143. The van der Waals surface area contributed by atoms with Crippen LogP contribution in [0.3, 0.4) is 0 Å². The molecule has 3 aromatic carbocycles. The molecule has 0 fully saturated rings. The molecule has 37 heavy (non-hydrogen) atoms. The SMILES string of the molecule is COc1cc(/C=N/NC(=O)COc2cccc3cccnc23)ccc1OCC(=O)Nc1ccc(C)cc1. The average Bonchev–Trinajstić information content (AvgIpc) is 2.92. The molecule has 0 aliphatic carbocycles. The van der Waals surface area contributed by atoms with Gasteiger partial charge in [-0.15, -0.1) is 0 Å². The van der Waals surface area contributed by atoms with Crippen molar-refractivity contribution in [1.29, 1.82) is 0 Å². The van der Waals surface area contributed by atoms with E-state index in [9.17, 15) is 9.59 Å². The second kappa shape index (κ2) is 12.2. The highest BCUT2D eigenvalue weighted by atomic mass is 16.5. The summed E-state index contributed by atoms with van der Waals surface area (Å²) in [5, 5.41) is 7.67. The number of nitrogens with one attached hydrogen (secondary N) is 2. The lowest BCUT2D eigenvalue weighted by Gasteiger charge is -2.11. The second-order valence-electron chi connectivity index (χ2n) is 8.03. The Hall–Kier alpha value is -4.92. The standard InChI is InChI=1S/C28H26N4O5/c1-19-8-11-22(12-9-19)31-26(33)17-36-23-13-10-20(15-25(23)35-2)16-30-32-27(34)18-37-24-7-3-5-21-6-4-14-29-28(21)24/h3-16H,17-18H2,1-2H3,(H,31,33)(H,32,34)/b30-16+. The molecule has 9 heteroatoms. The quantitative estimate of drug-likeness (QED) is 0.252. The molecule has 4 rings (SSSR count). The number of carbonyl (C=O) groups is 2. The summed E-state index contributed by atoms with van der Waals surface area (Å²) in [4.78, 5) is 28.7. The molecule has 0 atom stereocenters. The number of hydrogen-bond acceptors (Lipinski definition) is 7. The van der Waals surface area contributed by atoms with Gasteiger partial charge in [-0.1, -0.05) is 35.9 Å². The molecule has 2 amide bonds. The minimum atomic E-state index is -0.421. The van der Waals surface area contributed by atoms with E-state index in [0.29, 0.717) is 34.0 Å². The summed E-state index contributed by atoms with van der Waals surface area (Å²) in [6.07, 6.45) is 3.14. The van der Waals surface area contributed by atoms with Crippen LogP contribution in [0.1, 0.15) is 11.1 Å². The van der Waals surface area contributed by atoms with Crippen molar-refractivity contribution >= 4 is 34.6 Å². The van der Waals surface area contributed by atoms with E-state index >= 15 is 0 Å². The molecule has 0 radical (unpaired) electrons. The number of methoxy groups -OCH3 is 1. The number of amides is 2. The molecular weight excluding hydrogens is 472 g/mol. The Bertz CT molecular complexity index is 1410. The lowest BCUT2D eigenvalue weighted by atomic mass is 10.2. The number of rotatable bonds is 10. The van der Waals surface area contributed by atoms with Crippen molar-refractivity contribution in [3.63, 3.8) is 0 Å². The van der Waals surface area contributed by atoms with E-state index in [-0.39, 0.29) is 19.1 Å². The van der Waals surface area contributed by atoms with Crippen molar-refractivity contribution in [2.75, 3.05) is 25.6 Å². The van der Waals surface area contributed by atoms with Gasteiger partial charge in [0.1, 0.15) is 11.3 Å². The molecule has 0 unspecified atom stereocenters. The molecule has 0 aliphatic rings. The Labute approximate surface area is 214 Å². The smallest absolute Gasteiger partial charge is 0.277 e. The number of hydrazone groups is 1. The summed E-state index contributed by atoms with van der Waals surface area (Å²) < 4.78 is 16.6. The maximum Gasteiger partial charge on any atom is 0.277 e. The molecule has 0 saturated carbocycles. The van der Waals surface area contributed by atoms with E-state index in [1.165, 1.54) is 13.3 Å². The normalized spacial score (nSPS) is 10.8. The first kappa shape index (κ1) is 25.2. The summed E-state index contributed by atoms with van der Waals surface area (Å²) in [6, 6.07) is 21.8. The number of fused-ring (bicyclic) bond motifs is 1. The molecule has 2 N–H and O–H groups in total. The van der Waals surface area contributed by atoms with Gasteiger partial charge in [0.25, 0.3) is 11.8 Å². The van der Waals surface area contributed by atoms with E-state index in [1.54, 1.807) is 30.5 Å². The molecule has 9 nitrogen and oxygen atoms in total. The molecule has 0 saturated heterocycles. The van der Waals surface area contributed by atoms with Gasteiger partial charge in [0.05, 0.1) is 13.3 Å². The Kier molecular flexibility index (Phi) is 8.28. The number of aromatic nitrogens is 1. The van der Waals surface area contributed by atoms with Crippen LogP contribution >= 0.6 is 0 Å². The van der Waals surface area contributed by atoms with Gasteiger partial charge >= 0.3 is 0 Å². The number of aryl methyl sites for hydroxylation is 1. The molecule has 0 spiro atoms. The van der Waals surface area contributed by atoms with Gasteiger partial charge in [0.2, 0.25) is 0 Å². The van der Waals surface area contributed by atoms with Gasteiger partial charge in [0, 0.05) is 17.3 Å². The van der Waals surface area contributed by atoms with Gasteiger partial charge in [-0.05, 0) is 55.0 Å². The zero-order valence-corrected chi connectivity index (χ0v) is 20.4. The number of nitrogens with zero attached hydrogens (tertiary/aromatic N) is 2. The second-order valence-corrected chi connectivity index (χ2v) is 8.03. The number of para-hydroxylation sites is 1. The van der Waals surface area contributed by atoms with Crippen LogP contribution in [-0.2, 0) is 9.59 Å². The summed E-state index contributed by atoms with van der Waals surface area (Å²) in [6.45, 7) is 1.58. The summed E-state index contributed by atoms with van der Waals surface area (Å²) in [7, 11) is 1.50. The lowest BCUT2D eigenvalue weighted by Crippen LogP contribution is -2.24. The Morgan fingerprint density at radius 1 is 0.892 bits per heavy atom. The minimum Gasteiger partial charge on any atom is -0.493 e. The number of benzene rings is 3. The van der Waals surface area contributed by atoms with Gasteiger partial charge < -0.3 is 19.5 Å². The molecule has 1 aromatic heterocycles. The summed E-state index contributed by atoms with van der Waals surface area (Å²) >= 11 is 0. The van der Waals surface area contributed by atoms with Crippen molar-refractivity contribution in [3.8, 4) is 17.2 Å². The predicted molar refractivity (Wildman–Crippen MR) is 141 cm³/mol. The van der Waals surface area contributed by atoms with E-state index < -0.39 is 5.91 Å². The van der Waals surface area contributed by atoms with Crippen LogP contribution in [0.2, 0.25) is 0 Å². The monoisotopic (exact) mass is 498 g/mol. The van der Waals surface area contributed by atoms with Gasteiger partial charge in [-0.2, -0.15) is 5.10 Å². The molecule has 0 aliphatic heterocycles.